The lowest BCUT2D eigenvalue weighted by Crippen LogP contribution is -2.16. The summed E-state index contributed by atoms with van der Waals surface area (Å²) in [5.41, 5.74) is 2.40. The number of ether oxygens (including phenoxy) is 1. The van der Waals surface area contributed by atoms with Crippen molar-refractivity contribution in [2.45, 2.75) is 33.2 Å². The maximum Gasteiger partial charge on any atom is 0.323 e. The molecule has 0 saturated carbocycles. The maximum absolute atomic E-state index is 5.56. The number of rotatable bonds is 7. The van der Waals surface area contributed by atoms with Crippen LogP contribution >= 0.6 is 0 Å². The second-order valence-electron chi connectivity index (χ2n) is 4.57. The molecule has 0 saturated heterocycles. The summed E-state index contributed by atoms with van der Waals surface area (Å²) in [6.45, 7) is 6.38. The normalized spacial score (nSPS) is 12.0. The Morgan fingerprint density at radius 1 is 1.29 bits per heavy atom. The smallest absolute Gasteiger partial charge is 0.323 e. The SMILES string of the molecule is CCCOc1nc(NN)nc(NC(C)c2ccc(C)o2)n1. The topological polar surface area (TPSA) is 111 Å². The number of aromatic nitrogens is 3. The van der Waals surface area contributed by atoms with Crippen LogP contribution in [0.25, 0.3) is 0 Å². The third kappa shape index (κ3) is 4.06. The van der Waals surface area contributed by atoms with Gasteiger partial charge >= 0.3 is 6.01 Å². The largest absolute Gasteiger partial charge is 0.464 e. The third-order valence-electron chi connectivity index (χ3n) is 2.71. The number of furan rings is 1. The number of hydrogen-bond donors (Lipinski definition) is 3. The molecule has 0 aromatic carbocycles. The Bertz CT molecular complexity index is 586. The Kier molecular flexibility index (Phi) is 4.94. The van der Waals surface area contributed by atoms with E-state index in [0.717, 1.165) is 17.9 Å². The van der Waals surface area contributed by atoms with E-state index in [2.05, 4.69) is 25.7 Å². The highest BCUT2D eigenvalue weighted by Gasteiger charge is 2.13. The van der Waals surface area contributed by atoms with Crippen LogP contribution < -0.4 is 21.3 Å². The van der Waals surface area contributed by atoms with Crippen LogP contribution in [0.1, 0.15) is 37.8 Å². The third-order valence-corrected chi connectivity index (χ3v) is 2.71. The van der Waals surface area contributed by atoms with Crippen LogP contribution in [0, 0.1) is 6.92 Å². The van der Waals surface area contributed by atoms with Crippen molar-refractivity contribution in [1.29, 1.82) is 0 Å². The zero-order valence-electron chi connectivity index (χ0n) is 12.4. The Morgan fingerprint density at radius 2 is 2.05 bits per heavy atom. The average molecular weight is 292 g/mol. The number of anilines is 2. The van der Waals surface area contributed by atoms with Gasteiger partial charge in [0.1, 0.15) is 11.5 Å². The van der Waals surface area contributed by atoms with E-state index in [1.807, 2.05) is 32.9 Å². The minimum Gasteiger partial charge on any atom is -0.464 e. The minimum absolute atomic E-state index is 0.0919. The van der Waals surface area contributed by atoms with Crippen molar-refractivity contribution in [3.63, 3.8) is 0 Å². The first-order valence-corrected chi connectivity index (χ1v) is 6.80. The van der Waals surface area contributed by atoms with Gasteiger partial charge in [0.05, 0.1) is 12.6 Å². The fraction of sp³-hybridized carbons (Fsp3) is 0.462. The van der Waals surface area contributed by atoms with Crippen molar-refractivity contribution in [2.75, 3.05) is 17.3 Å². The van der Waals surface area contributed by atoms with Gasteiger partial charge in [0.25, 0.3) is 0 Å². The van der Waals surface area contributed by atoms with Crippen molar-refractivity contribution >= 4 is 11.9 Å². The quantitative estimate of drug-likeness (QED) is 0.525. The summed E-state index contributed by atoms with van der Waals surface area (Å²) >= 11 is 0. The van der Waals surface area contributed by atoms with Gasteiger partial charge in [-0.05, 0) is 32.4 Å². The van der Waals surface area contributed by atoms with Crippen LogP contribution in [-0.4, -0.2) is 21.6 Å². The Morgan fingerprint density at radius 3 is 2.67 bits per heavy atom. The molecule has 4 N–H and O–H groups in total. The van der Waals surface area contributed by atoms with Gasteiger partial charge in [0.2, 0.25) is 11.9 Å². The van der Waals surface area contributed by atoms with E-state index in [9.17, 15) is 0 Å². The second kappa shape index (κ2) is 6.89. The number of nitrogen functional groups attached to an aromatic ring is 1. The molecule has 0 radical (unpaired) electrons. The van der Waals surface area contributed by atoms with Crippen LogP contribution in [0.2, 0.25) is 0 Å². The van der Waals surface area contributed by atoms with Gasteiger partial charge in [-0.15, -0.1) is 0 Å². The monoisotopic (exact) mass is 292 g/mol. The molecule has 0 bridgehead atoms. The molecule has 8 nitrogen and oxygen atoms in total. The minimum atomic E-state index is -0.0919. The van der Waals surface area contributed by atoms with Crippen molar-refractivity contribution in [2.24, 2.45) is 5.84 Å². The molecule has 2 rings (SSSR count). The number of hydrazine groups is 1. The van der Waals surface area contributed by atoms with Gasteiger partial charge in [-0.25, -0.2) is 5.84 Å². The molecule has 0 amide bonds. The van der Waals surface area contributed by atoms with Gasteiger partial charge in [-0.3, -0.25) is 5.43 Å². The standard InChI is InChI=1S/C13H20N6O2/c1-4-7-20-13-17-11(16-12(18-13)19-14)15-9(3)10-6-5-8(2)21-10/h5-6,9H,4,7,14H2,1-3H3,(H2,15,16,17,18,19). The second-order valence-corrected chi connectivity index (χ2v) is 4.57. The van der Waals surface area contributed by atoms with E-state index in [-0.39, 0.29) is 18.0 Å². The predicted octanol–water partition coefficient (Wildman–Crippen LogP) is 2.02. The van der Waals surface area contributed by atoms with E-state index >= 15 is 0 Å². The van der Waals surface area contributed by atoms with Crippen molar-refractivity contribution < 1.29 is 9.15 Å². The highest BCUT2D eigenvalue weighted by Crippen LogP contribution is 2.20. The molecule has 1 unspecified atom stereocenters. The summed E-state index contributed by atoms with van der Waals surface area (Å²) in [6.07, 6.45) is 0.863. The lowest BCUT2D eigenvalue weighted by molar-refractivity contribution is 0.292. The highest BCUT2D eigenvalue weighted by molar-refractivity contribution is 5.36. The van der Waals surface area contributed by atoms with E-state index in [0.29, 0.717) is 12.6 Å². The first-order chi connectivity index (χ1) is 10.1. The average Bonchev–Trinajstić information content (AvgIpc) is 2.91. The lowest BCUT2D eigenvalue weighted by Gasteiger charge is -2.13. The van der Waals surface area contributed by atoms with Crippen molar-refractivity contribution in [3.05, 3.63) is 23.7 Å². The first-order valence-electron chi connectivity index (χ1n) is 6.80. The van der Waals surface area contributed by atoms with Crippen LogP contribution in [-0.2, 0) is 0 Å². The van der Waals surface area contributed by atoms with Gasteiger partial charge in [-0.2, -0.15) is 15.0 Å². The summed E-state index contributed by atoms with van der Waals surface area (Å²) in [5.74, 6) is 7.61. The van der Waals surface area contributed by atoms with Gasteiger partial charge in [0.15, 0.2) is 0 Å². The maximum atomic E-state index is 5.56. The molecule has 0 aliphatic carbocycles. The molecule has 2 aromatic heterocycles. The van der Waals surface area contributed by atoms with Crippen LogP contribution in [0.15, 0.2) is 16.5 Å². The van der Waals surface area contributed by atoms with Crippen LogP contribution in [0.4, 0.5) is 11.9 Å². The zero-order chi connectivity index (χ0) is 15.2. The summed E-state index contributed by atoms with van der Waals surface area (Å²) in [5, 5.41) is 3.13. The van der Waals surface area contributed by atoms with Gasteiger partial charge in [0, 0.05) is 0 Å². The summed E-state index contributed by atoms with van der Waals surface area (Å²) in [4.78, 5) is 12.4. The van der Waals surface area contributed by atoms with E-state index in [1.165, 1.54) is 0 Å². The molecule has 0 spiro atoms. The van der Waals surface area contributed by atoms with Gasteiger partial charge < -0.3 is 14.5 Å². The highest BCUT2D eigenvalue weighted by atomic mass is 16.5. The summed E-state index contributed by atoms with van der Waals surface area (Å²) in [7, 11) is 0. The molecule has 0 aliphatic heterocycles. The summed E-state index contributed by atoms with van der Waals surface area (Å²) in [6, 6.07) is 3.95. The molecule has 0 aliphatic rings. The van der Waals surface area contributed by atoms with Crippen LogP contribution in [0.3, 0.4) is 0 Å². The molecular weight excluding hydrogens is 272 g/mol. The summed E-state index contributed by atoms with van der Waals surface area (Å²) < 4.78 is 11.0. The van der Waals surface area contributed by atoms with E-state index in [4.69, 9.17) is 15.0 Å². The fourth-order valence-electron chi connectivity index (χ4n) is 1.69. The predicted molar refractivity (Wildman–Crippen MR) is 78.9 cm³/mol. The number of hydrogen-bond acceptors (Lipinski definition) is 8. The Labute approximate surface area is 123 Å². The number of nitrogens with one attached hydrogen (secondary N) is 2. The molecule has 1 atom stereocenters. The number of nitrogens with two attached hydrogens (primary N) is 1. The lowest BCUT2D eigenvalue weighted by atomic mass is 10.2. The molecule has 2 aromatic rings. The molecule has 2 heterocycles. The molecular formula is C13H20N6O2. The fourth-order valence-corrected chi connectivity index (χ4v) is 1.69. The number of aryl methyl sites for hydroxylation is 1. The zero-order valence-corrected chi connectivity index (χ0v) is 12.4. The van der Waals surface area contributed by atoms with Crippen molar-refractivity contribution in [3.8, 4) is 6.01 Å². The van der Waals surface area contributed by atoms with Gasteiger partial charge in [-0.1, -0.05) is 6.92 Å². The Hall–Kier alpha value is -2.35. The number of nitrogens with zero attached hydrogens (tertiary/aromatic N) is 3. The molecule has 21 heavy (non-hydrogen) atoms. The van der Waals surface area contributed by atoms with E-state index < -0.39 is 0 Å². The Balaban J connectivity index is 2.14. The van der Waals surface area contributed by atoms with Crippen molar-refractivity contribution in [1.82, 2.24) is 15.0 Å². The molecule has 114 valence electrons. The first kappa shape index (κ1) is 15.0. The molecule has 0 fully saturated rings. The molecule has 8 heteroatoms. The van der Waals surface area contributed by atoms with Crippen LogP contribution in [0.5, 0.6) is 6.01 Å². The van der Waals surface area contributed by atoms with E-state index in [1.54, 1.807) is 0 Å².